The average Bonchev–Trinajstić information content (AvgIpc) is 2.99. The summed E-state index contributed by atoms with van der Waals surface area (Å²) in [5.41, 5.74) is 0.666. The summed E-state index contributed by atoms with van der Waals surface area (Å²) in [5.74, 6) is 0.0629. The van der Waals surface area contributed by atoms with Crippen molar-refractivity contribution in [3.05, 3.63) is 29.8 Å². The maximum atomic E-state index is 12.7. The molecule has 2 atom stereocenters. The Morgan fingerprint density at radius 2 is 2.00 bits per heavy atom. The Balaban J connectivity index is 1.81. The molecule has 2 amide bonds. The summed E-state index contributed by atoms with van der Waals surface area (Å²) in [7, 11) is 0. The van der Waals surface area contributed by atoms with Gasteiger partial charge in [0.1, 0.15) is 6.04 Å². The van der Waals surface area contributed by atoms with E-state index in [1.165, 1.54) is 0 Å². The second-order valence-corrected chi connectivity index (χ2v) is 6.57. The molecule has 1 aromatic carbocycles. The van der Waals surface area contributed by atoms with Gasteiger partial charge in [-0.2, -0.15) is 0 Å². The van der Waals surface area contributed by atoms with E-state index in [9.17, 15) is 9.59 Å². The Bertz CT molecular complexity index is 558. The molecule has 5 heteroatoms. The molecule has 0 N–H and O–H groups in total. The molecular formula is C16H20N2O2S. The van der Waals surface area contributed by atoms with Gasteiger partial charge in [-0.3, -0.25) is 9.59 Å². The van der Waals surface area contributed by atoms with E-state index in [1.807, 2.05) is 42.3 Å². The molecule has 0 saturated carbocycles. The molecule has 0 aliphatic carbocycles. The van der Waals surface area contributed by atoms with Crippen LogP contribution in [0.5, 0.6) is 0 Å². The van der Waals surface area contributed by atoms with E-state index in [0.717, 1.165) is 24.3 Å². The lowest BCUT2D eigenvalue weighted by atomic mass is 10.1. The van der Waals surface area contributed by atoms with Gasteiger partial charge in [-0.05, 0) is 50.3 Å². The molecule has 112 valence electrons. The fraction of sp³-hybridized carbons (Fsp3) is 0.500. The quantitative estimate of drug-likeness (QED) is 0.787. The second-order valence-electron chi connectivity index (χ2n) is 5.69. The van der Waals surface area contributed by atoms with Crippen molar-refractivity contribution in [3.8, 4) is 0 Å². The van der Waals surface area contributed by atoms with Gasteiger partial charge in [0.2, 0.25) is 5.91 Å². The standard InChI is InChI=1S/C16H20N2O2S/c1-11-15(19)17-9-3-4-13(17)10-18(11)16(20)12-5-7-14(21-2)8-6-12/h5-8,11,13H,3-4,9-10H2,1-2H3/t11-,13-/m1/s1. The molecule has 0 unspecified atom stereocenters. The Morgan fingerprint density at radius 3 is 2.67 bits per heavy atom. The van der Waals surface area contributed by atoms with Crippen LogP contribution in [0.4, 0.5) is 0 Å². The molecule has 2 aliphatic heterocycles. The summed E-state index contributed by atoms with van der Waals surface area (Å²) < 4.78 is 0. The molecule has 2 fully saturated rings. The van der Waals surface area contributed by atoms with E-state index in [2.05, 4.69) is 0 Å². The number of benzene rings is 1. The Labute approximate surface area is 129 Å². The molecule has 2 saturated heterocycles. The van der Waals surface area contributed by atoms with Gasteiger partial charge in [0.05, 0.1) is 0 Å². The first-order chi connectivity index (χ1) is 10.1. The largest absolute Gasteiger partial charge is 0.336 e. The van der Waals surface area contributed by atoms with Gasteiger partial charge in [0, 0.05) is 29.6 Å². The van der Waals surface area contributed by atoms with Crippen LogP contribution >= 0.6 is 11.8 Å². The normalized spacial score (nSPS) is 25.1. The number of thioether (sulfide) groups is 1. The van der Waals surface area contributed by atoms with Gasteiger partial charge in [-0.1, -0.05) is 0 Å². The number of nitrogens with zero attached hydrogens (tertiary/aromatic N) is 2. The van der Waals surface area contributed by atoms with Crippen LogP contribution in [0.15, 0.2) is 29.2 Å². The highest BCUT2D eigenvalue weighted by atomic mass is 32.2. The predicted molar refractivity (Wildman–Crippen MR) is 83.5 cm³/mol. The summed E-state index contributed by atoms with van der Waals surface area (Å²) in [6.45, 7) is 3.35. The van der Waals surface area contributed by atoms with Crippen LogP contribution < -0.4 is 0 Å². The molecule has 2 aliphatic rings. The second kappa shape index (κ2) is 5.72. The highest BCUT2D eigenvalue weighted by molar-refractivity contribution is 7.98. The molecule has 3 rings (SSSR count). The van der Waals surface area contributed by atoms with Gasteiger partial charge >= 0.3 is 0 Å². The van der Waals surface area contributed by atoms with Crippen LogP contribution in [0.3, 0.4) is 0 Å². The summed E-state index contributed by atoms with van der Waals surface area (Å²) >= 11 is 1.65. The fourth-order valence-corrected chi connectivity index (χ4v) is 3.64. The van der Waals surface area contributed by atoms with Crippen molar-refractivity contribution in [1.29, 1.82) is 0 Å². The zero-order valence-corrected chi connectivity index (χ0v) is 13.2. The van der Waals surface area contributed by atoms with Gasteiger partial charge in [0.25, 0.3) is 5.91 Å². The molecule has 0 spiro atoms. The molecule has 0 bridgehead atoms. The number of carbonyl (C=O) groups excluding carboxylic acids is 2. The van der Waals surface area contributed by atoms with Crippen LogP contribution in [-0.2, 0) is 4.79 Å². The highest BCUT2D eigenvalue weighted by Gasteiger charge is 2.42. The van der Waals surface area contributed by atoms with E-state index >= 15 is 0 Å². The minimum absolute atomic E-state index is 0.0324. The lowest BCUT2D eigenvalue weighted by molar-refractivity contribution is -0.141. The number of hydrogen-bond acceptors (Lipinski definition) is 3. The molecule has 0 radical (unpaired) electrons. The maximum absolute atomic E-state index is 12.7. The van der Waals surface area contributed by atoms with Crippen LogP contribution in [0.25, 0.3) is 0 Å². The fourth-order valence-electron chi connectivity index (χ4n) is 3.23. The van der Waals surface area contributed by atoms with Gasteiger partial charge in [-0.15, -0.1) is 11.8 Å². The zero-order valence-electron chi connectivity index (χ0n) is 12.4. The van der Waals surface area contributed by atoms with Gasteiger partial charge < -0.3 is 9.80 Å². The van der Waals surface area contributed by atoms with Crippen molar-refractivity contribution in [3.63, 3.8) is 0 Å². The topological polar surface area (TPSA) is 40.6 Å². The van der Waals surface area contributed by atoms with Gasteiger partial charge in [0.15, 0.2) is 0 Å². The van der Waals surface area contributed by atoms with Crippen molar-refractivity contribution in [1.82, 2.24) is 9.80 Å². The van der Waals surface area contributed by atoms with E-state index in [1.54, 1.807) is 16.7 Å². The summed E-state index contributed by atoms with van der Waals surface area (Å²) in [4.78, 5) is 29.9. The van der Waals surface area contributed by atoms with Crippen molar-refractivity contribution >= 4 is 23.6 Å². The van der Waals surface area contributed by atoms with Crippen molar-refractivity contribution in [2.75, 3.05) is 19.3 Å². The van der Waals surface area contributed by atoms with Gasteiger partial charge in [-0.25, -0.2) is 0 Å². The molecule has 2 heterocycles. The predicted octanol–water partition coefficient (Wildman–Crippen LogP) is 2.24. The summed E-state index contributed by atoms with van der Waals surface area (Å²) in [6.07, 6.45) is 4.07. The minimum atomic E-state index is -0.355. The first-order valence-electron chi connectivity index (χ1n) is 7.37. The van der Waals surface area contributed by atoms with Crippen LogP contribution in [0.2, 0.25) is 0 Å². The number of rotatable bonds is 2. The van der Waals surface area contributed by atoms with E-state index in [4.69, 9.17) is 0 Å². The molecule has 21 heavy (non-hydrogen) atoms. The van der Waals surface area contributed by atoms with E-state index in [0.29, 0.717) is 12.1 Å². The number of carbonyl (C=O) groups is 2. The maximum Gasteiger partial charge on any atom is 0.254 e. The van der Waals surface area contributed by atoms with Crippen molar-refractivity contribution in [2.24, 2.45) is 0 Å². The summed E-state index contributed by atoms with van der Waals surface area (Å²) in [5, 5.41) is 0. The van der Waals surface area contributed by atoms with E-state index < -0.39 is 0 Å². The molecular weight excluding hydrogens is 284 g/mol. The van der Waals surface area contributed by atoms with Crippen molar-refractivity contribution < 1.29 is 9.59 Å². The van der Waals surface area contributed by atoms with Crippen LogP contribution in [0.1, 0.15) is 30.1 Å². The monoisotopic (exact) mass is 304 g/mol. The molecule has 0 aromatic heterocycles. The third-order valence-corrected chi connectivity index (χ3v) is 5.23. The minimum Gasteiger partial charge on any atom is -0.336 e. The number of hydrogen-bond donors (Lipinski definition) is 0. The first kappa shape index (κ1) is 14.4. The highest BCUT2D eigenvalue weighted by Crippen LogP contribution is 2.27. The third-order valence-electron chi connectivity index (χ3n) is 4.49. The number of piperazine rings is 1. The number of fused-ring (bicyclic) bond motifs is 1. The average molecular weight is 304 g/mol. The van der Waals surface area contributed by atoms with Crippen molar-refractivity contribution in [2.45, 2.75) is 36.7 Å². The summed E-state index contributed by atoms with van der Waals surface area (Å²) in [6, 6.07) is 7.47. The smallest absolute Gasteiger partial charge is 0.254 e. The Kier molecular flexibility index (Phi) is 3.93. The third kappa shape index (κ3) is 2.55. The SMILES string of the molecule is CSc1ccc(C(=O)N2C[C@H]3CCCN3C(=O)[C@H]2C)cc1. The lowest BCUT2D eigenvalue weighted by Crippen LogP contribution is -2.60. The number of amides is 2. The Morgan fingerprint density at radius 1 is 1.29 bits per heavy atom. The lowest BCUT2D eigenvalue weighted by Gasteiger charge is -2.41. The van der Waals surface area contributed by atoms with Crippen LogP contribution in [-0.4, -0.2) is 53.0 Å². The molecule has 4 nitrogen and oxygen atoms in total. The van der Waals surface area contributed by atoms with E-state index in [-0.39, 0.29) is 23.9 Å². The Hall–Kier alpha value is -1.49. The van der Waals surface area contributed by atoms with Crippen LogP contribution in [0, 0.1) is 0 Å². The zero-order chi connectivity index (χ0) is 15.0. The molecule has 1 aromatic rings. The first-order valence-corrected chi connectivity index (χ1v) is 8.60.